The molecule has 0 amide bonds. The van der Waals surface area contributed by atoms with Crippen LogP contribution in [0.3, 0.4) is 0 Å². The van der Waals surface area contributed by atoms with Gasteiger partial charge in [-0.3, -0.25) is 0 Å². The molecule has 42 heavy (non-hydrogen) atoms. The molecule has 2 unspecified atom stereocenters. The molecule has 2 N–H and O–H groups in total. The number of rotatable bonds is 32. The first-order chi connectivity index (χ1) is 20.6. The number of nitriles is 2. The Morgan fingerprint density at radius 2 is 0.548 bits per heavy atom. The molecule has 0 aromatic rings. The monoisotopic (exact) mass is 625 g/mol. The van der Waals surface area contributed by atoms with Crippen molar-refractivity contribution in [1.29, 1.82) is 10.5 Å². The summed E-state index contributed by atoms with van der Waals surface area (Å²) in [6, 6.07) is 0. The fraction of sp³-hybridized carbons (Fsp3) is 0.944. The lowest BCUT2D eigenvalue weighted by molar-refractivity contribution is 0.538. The number of nitrogens with one attached hydrogen (secondary N) is 2. The van der Waals surface area contributed by atoms with Crippen LogP contribution >= 0.6 is 16.1 Å². The lowest BCUT2D eigenvalue weighted by Gasteiger charge is -2.08. The zero-order chi connectivity index (χ0) is 31.2. The third kappa shape index (κ3) is 41.6. The molecule has 0 heterocycles. The van der Waals surface area contributed by atoms with Crippen molar-refractivity contribution in [1.82, 2.24) is 10.2 Å². The second-order valence-electron chi connectivity index (χ2n) is 12.5. The smallest absolute Gasteiger partial charge is 0.180 e. The topological polar surface area (TPSA) is 71.6 Å². The predicted molar refractivity (Wildman–Crippen MR) is 194 cm³/mol. The minimum atomic E-state index is -0.232. The molecule has 0 fully saturated rings. The molecule has 0 aromatic carbocycles. The zero-order valence-corrected chi connectivity index (χ0v) is 30.8. The molecule has 0 saturated heterocycles. The molecule has 0 aliphatic carbocycles. The molecule has 2 atom stereocenters. The van der Waals surface area contributed by atoms with Crippen molar-refractivity contribution >= 4 is 16.1 Å². The van der Waals surface area contributed by atoms with Crippen molar-refractivity contribution in [2.45, 2.75) is 194 Å². The molecule has 248 valence electrons. The van der Waals surface area contributed by atoms with Gasteiger partial charge in [0.15, 0.2) is 12.4 Å². The lowest BCUT2D eigenvalue weighted by Crippen LogP contribution is -1.99. The normalized spacial score (nSPS) is 12.0. The van der Waals surface area contributed by atoms with Crippen LogP contribution in [0.5, 0.6) is 0 Å². The summed E-state index contributed by atoms with van der Waals surface area (Å²) in [4.78, 5) is 0. The summed E-state index contributed by atoms with van der Waals surface area (Å²) < 4.78 is 0. The molecule has 6 heteroatoms. The maximum Gasteiger partial charge on any atom is 0.180 e. The van der Waals surface area contributed by atoms with E-state index in [2.05, 4.69) is 37.4 Å². The van der Waals surface area contributed by atoms with Gasteiger partial charge in [0.2, 0.25) is 0 Å². The highest BCUT2D eigenvalue weighted by molar-refractivity contribution is 7.55. The first-order valence-corrected chi connectivity index (χ1v) is 22.3. The van der Waals surface area contributed by atoms with E-state index in [9.17, 15) is 0 Å². The molecule has 0 bridgehead atoms. The van der Waals surface area contributed by atoms with Gasteiger partial charge in [0.1, 0.15) is 0 Å². The third-order valence-corrected chi connectivity index (χ3v) is 11.1. The van der Waals surface area contributed by atoms with E-state index in [-0.39, 0.29) is 16.1 Å². The molecule has 0 spiro atoms. The molecule has 0 saturated carbocycles. The van der Waals surface area contributed by atoms with Crippen LogP contribution in [0.15, 0.2) is 0 Å². The van der Waals surface area contributed by atoms with Crippen LogP contribution in [-0.4, -0.2) is 25.7 Å². The zero-order valence-electron chi connectivity index (χ0n) is 29.0. The van der Waals surface area contributed by atoms with Crippen LogP contribution in [-0.2, 0) is 0 Å². The minimum absolute atomic E-state index is 0.232. The van der Waals surface area contributed by atoms with E-state index in [1.807, 2.05) is 12.4 Å². The highest BCUT2D eigenvalue weighted by atomic mass is 31.1. The van der Waals surface area contributed by atoms with Crippen molar-refractivity contribution in [3.8, 4) is 12.4 Å². The number of hydrogen-bond acceptors (Lipinski definition) is 4. The maximum atomic E-state index is 8.51. The molecule has 4 nitrogen and oxygen atoms in total. The highest BCUT2D eigenvalue weighted by Gasteiger charge is 2.00. The minimum Gasteiger partial charge on any atom is -0.303 e. The third-order valence-electron chi connectivity index (χ3n) is 8.18. The quantitative estimate of drug-likeness (QED) is 0.0338. The van der Waals surface area contributed by atoms with Crippen LogP contribution < -0.4 is 10.2 Å². The van der Waals surface area contributed by atoms with Gasteiger partial charge in [-0.1, -0.05) is 181 Å². The molecular weight excluding hydrogens is 550 g/mol. The molecule has 0 aliphatic heterocycles. The van der Waals surface area contributed by atoms with E-state index in [1.54, 1.807) is 0 Å². The summed E-state index contributed by atoms with van der Waals surface area (Å²) in [6.45, 7) is 8.87. The van der Waals surface area contributed by atoms with Gasteiger partial charge in [0.05, 0.1) is 0 Å². The summed E-state index contributed by atoms with van der Waals surface area (Å²) in [5.41, 5.74) is 0. The first-order valence-electron chi connectivity index (χ1n) is 18.3. The van der Waals surface area contributed by atoms with Crippen molar-refractivity contribution in [2.75, 3.05) is 25.7 Å². The van der Waals surface area contributed by atoms with Gasteiger partial charge in [-0.05, 0) is 54.6 Å². The van der Waals surface area contributed by atoms with Gasteiger partial charge in [-0.2, -0.15) is 10.5 Å². The Hall–Kier alpha value is -0.560. The highest BCUT2D eigenvalue weighted by Crippen LogP contribution is 2.27. The van der Waals surface area contributed by atoms with Crippen LogP contribution in [0.1, 0.15) is 194 Å². The van der Waals surface area contributed by atoms with Crippen LogP contribution in [0, 0.1) is 22.9 Å². The Kier molecular flexibility index (Phi) is 41.9. The second-order valence-corrected chi connectivity index (χ2v) is 16.6. The van der Waals surface area contributed by atoms with Gasteiger partial charge in [0.25, 0.3) is 0 Å². The first kappa shape index (κ1) is 43.6. The van der Waals surface area contributed by atoms with E-state index < -0.39 is 0 Å². The standard InChI is InChI=1S/2C18H37N2P/c2*1-3-4-5-6-7-8-9-10-11-12-13-14-15-16-17-21(2)20-18-19/h2*20H,3-17H2,1-2H3. The lowest BCUT2D eigenvalue weighted by atomic mass is 10.0. The average molecular weight is 625 g/mol. The van der Waals surface area contributed by atoms with Gasteiger partial charge < -0.3 is 10.2 Å². The molecule has 0 aromatic heterocycles. The Labute approximate surface area is 268 Å². The van der Waals surface area contributed by atoms with Crippen LogP contribution in [0.4, 0.5) is 0 Å². The molecule has 0 aliphatic rings. The number of hydrogen-bond donors (Lipinski definition) is 2. The summed E-state index contributed by atoms with van der Waals surface area (Å²) in [5, 5.41) is 22.7. The summed E-state index contributed by atoms with van der Waals surface area (Å²) >= 11 is 0. The number of unbranched alkanes of at least 4 members (excludes halogenated alkanes) is 26. The van der Waals surface area contributed by atoms with Crippen molar-refractivity contribution in [3.05, 3.63) is 0 Å². The van der Waals surface area contributed by atoms with Crippen LogP contribution in [0.25, 0.3) is 0 Å². The van der Waals surface area contributed by atoms with E-state index in [4.69, 9.17) is 10.5 Å². The SMILES string of the molecule is CCCCCCCCCCCCCCCCP(C)NC#N.CCCCCCCCCCCCCCCCP(C)NC#N. The largest absolute Gasteiger partial charge is 0.303 e. The van der Waals surface area contributed by atoms with Gasteiger partial charge in [0, 0.05) is 0 Å². The van der Waals surface area contributed by atoms with E-state index >= 15 is 0 Å². The Morgan fingerprint density at radius 3 is 0.738 bits per heavy atom. The summed E-state index contributed by atoms with van der Waals surface area (Å²) in [6.07, 6.45) is 46.0. The Morgan fingerprint density at radius 1 is 0.357 bits per heavy atom. The van der Waals surface area contributed by atoms with E-state index in [1.165, 1.54) is 192 Å². The second kappa shape index (κ2) is 40.4. The van der Waals surface area contributed by atoms with Crippen molar-refractivity contribution < 1.29 is 0 Å². The Bertz CT molecular complexity index is 526. The van der Waals surface area contributed by atoms with Crippen molar-refractivity contribution in [2.24, 2.45) is 0 Å². The Balaban J connectivity index is 0. The average Bonchev–Trinajstić information content (AvgIpc) is 2.98. The van der Waals surface area contributed by atoms with Gasteiger partial charge in [-0.15, -0.1) is 0 Å². The summed E-state index contributed by atoms with van der Waals surface area (Å²) in [7, 11) is -0.465. The van der Waals surface area contributed by atoms with Gasteiger partial charge in [-0.25, -0.2) is 0 Å². The molecule has 0 rings (SSSR count). The van der Waals surface area contributed by atoms with E-state index in [0.717, 1.165) is 0 Å². The van der Waals surface area contributed by atoms with E-state index in [0.29, 0.717) is 0 Å². The maximum absolute atomic E-state index is 8.51. The fourth-order valence-corrected chi connectivity index (χ4v) is 7.33. The summed E-state index contributed by atoms with van der Waals surface area (Å²) in [5.74, 6) is 0. The van der Waals surface area contributed by atoms with Crippen molar-refractivity contribution in [3.63, 3.8) is 0 Å². The molecular formula is C36H74N4P2. The molecule has 0 radical (unpaired) electrons. The predicted octanol–water partition coefficient (Wildman–Crippen LogP) is 13.1. The number of nitrogens with zero attached hydrogens (tertiary/aromatic N) is 2. The van der Waals surface area contributed by atoms with Crippen LogP contribution in [0.2, 0.25) is 0 Å². The van der Waals surface area contributed by atoms with Gasteiger partial charge >= 0.3 is 0 Å². The fourth-order valence-electron chi connectivity index (χ4n) is 5.37.